The first-order chi connectivity index (χ1) is 13.9. The molecule has 0 saturated carbocycles. The SMILES string of the molecule is CC(C)c1cccc(C(C)C)c1N(C(O)O)P(c1ccccc1)c1ccccc1. The normalized spacial score (nSPS) is 11.7. The molecule has 152 valence electrons. The van der Waals surface area contributed by atoms with Crippen molar-refractivity contribution in [2.75, 3.05) is 4.67 Å². The molecule has 0 aliphatic carbocycles. The first-order valence-electron chi connectivity index (χ1n) is 10.1. The zero-order valence-corrected chi connectivity index (χ0v) is 18.4. The van der Waals surface area contributed by atoms with Crippen molar-refractivity contribution in [3.63, 3.8) is 0 Å². The molecule has 0 saturated heterocycles. The van der Waals surface area contributed by atoms with E-state index in [0.29, 0.717) is 0 Å². The van der Waals surface area contributed by atoms with E-state index in [2.05, 4.69) is 70.2 Å². The van der Waals surface area contributed by atoms with Crippen molar-refractivity contribution < 1.29 is 10.2 Å². The molecule has 0 atom stereocenters. The molecule has 4 heteroatoms. The number of nitrogens with zero attached hydrogens (tertiary/aromatic N) is 1. The van der Waals surface area contributed by atoms with Gasteiger partial charge in [0.05, 0.1) is 13.8 Å². The van der Waals surface area contributed by atoms with Crippen LogP contribution in [0, 0.1) is 0 Å². The fourth-order valence-electron chi connectivity index (χ4n) is 3.63. The Balaban J connectivity index is 2.31. The van der Waals surface area contributed by atoms with Crippen LogP contribution in [0.15, 0.2) is 78.9 Å². The maximum Gasteiger partial charge on any atom is 0.239 e. The van der Waals surface area contributed by atoms with E-state index in [1.807, 2.05) is 41.1 Å². The van der Waals surface area contributed by atoms with Gasteiger partial charge in [-0.05, 0) is 23.0 Å². The lowest BCUT2D eigenvalue weighted by molar-refractivity contribution is -0.0277. The number of rotatable bonds is 7. The summed E-state index contributed by atoms with van der Waals surface area (Å²) in [4.78, 5) is 0. The van der Waals surface area contributed by atoms with E-state index in [9.17, 15) is 10.2 Å². The third-order valence-electron chi connectivity index (χ3n) is 5.01. The van der Waals surface area contributed by atoms with Gasteiger partial charge in [0.25, 0.3) is 0 Å². The van der Waals surface area contributed by atoms with E-state index in [0.717, 1.165) is 27.4 Å². The van der Waals surface area contributed by atoms with E-state index in [1.54, 1.807) is 0 Å². The zero-order valence-electron chi connectivity index (χ0n) is 17.5. The summed E-state index contributed by atoms with van der Waals surface area (Å²) in [5, 5.41) is 23.5. The minimum absolute atomic E-state index is 0.258. The Labute approximate surface area is 175 Å². The molecule has 0 radical (unpaired) electrons. The van der Waals surface area contributed by atoms with Gasteiger partial charge in [-0.25, -0.2) is 0 Å². The van der Waals surface area contributed by atoms with Crippen LogP contribution in [0.5, 0.6) is 0 Å². The zero-order chi connectivity index (χ0) is 21.0. The Morgan fingerprint density at radius 2 is 1.03 bits per heavy atom. The van der Waals surface area contributed by atoms with Crippen LogP contribution in [0.25, 0.3) is 0 Å². The summed E-state index contributed by atoms with van der Waals surface area (Å²) in [5.41, 5.74) is 3.19. The fourth-order valence-corrected chi connectivity index (χ4v) is 5.97. The predicted octanol–water partition coefficient (Wildman–Crippen LogP) is 5.06. The Hall–Kier alpha value is -2.19. The van der Waals surface area contributed by atoms with Gasteiger partial charge in [-0.2, -0.15) is 0 Å². The number of hydrogen-bond acceptors (Lipinski definition) is 3. The third kappa shape index (κ3) is 4.70. The van der Waals surface area contributed by atoms with Crippen molar-refractivity contribution in [1.82, 2.24) is 0 Å². The molecule has 0 unspecified atom stereocenters. The van der Waals surface area contributed by atoms with Crippen LogP contribution < -0.4 is 15.3 Å². The Kier molecular flexibility index (Phi) is 7.08. The van der Waals surface area contributed by atoms with Crippen molar-refractivity contribution in [2.24, 2.45) is 0 Å². The van der Waals surface area contributed by atoms with Crippen LogP contribution in [0.4, 0.5) is 5.69 Å². The topological polar surface area (TPSA) is 43.7 Å². The van der Waals surface area contributed by atoms with Crippen LogP contribution in [0.2, 0.25) is 0 Å². The van der Waals surface area contributed by atoms with Crippen LogP contribution in [-0.2, 0) is 0 Å². The fraction of sp³-hybridized carbons (Fsp3) is 0.280. The largest absolute Gasteiger partial charge is 0.351 e. The number of benzene rings is 3. The molecule has 3 rings (SSSR count). The molecule has 29 heavy (non-hydrogen) atoms. The number of aliphatic hydroxyl groups is 2. The lowest BCUT2D eigenvalue weighted by Crippen LogP contribution is -2.38. The molecule has 2 N–H and O–H groups in total. The second-order valence-corrected chi connectivity index (χ2v) is 9.86. The summed E-state index contributed by atoms with van der Waals surface area (Å²) < 4.78 is 1.82. The molecule has 0 heterocycles. The van der Waals surface area contributed by atoms with Gasteiger partial charge >= 0.3 is 0 Å². The highest BCUT2D eigenvalue weighted by molar-refractivity contribution is 7.74. The van der Waals surface area contributed by atoms with Crippen molar-refractivity contribution >= 4 is 24.4 Å². The first-order valence-corrected chi connectivity index (χ1v) is 11.4. The summed E-state index contributed by atoms with van der Waals surface area (Å²) in [6.45, 7) is 8.60. The van der Waals surface area contributed by atoms with E-state index in [1.165, 1.54) is 0 Å². The third-order valence-corrected chi connectivity index (χ3v) is 7.42. The number of aliphatic hydroxyl groups excluding tert-OH is 1. The second kappa shape index (κ2) is 9.54. The minimum atomic E-state index is -1.61. The number of anilines is 1. The average Bonchev–Trinajstić information content (AvgIpc) is 2.72. The maximum atomic E-state index is 10.7. The molecule has 0 spiro atoms. The average molecular weight is 407 g/mol. The van der Waals surface area contributed by atoms with Crippen molar-refractivity contribution in [3.8, 4) is 0 Å². The van der Waals surface area contributed by atoms with Crippen LogP contribution in [0.1, 0.15) is 50.7 Å². The van der Waals surface area contributed by atoms with Gasteiger partial charge in [-0.1, -0.05) is 107 Å². The highest BCUT2D eigenvalue weighted by Crippen LogP contribution is 2.48. The van der Waals surface area contributed by atoms with Gasteiger partial charge < -0.3 is 10.2 Å². The smallest absolute Gasteiger partial charge is 0.239 e. The van der Waals surface area contributed by atoms with Gasteiger partial charge in [0.15, 0.2) is 0 Å². The molecule has 0 bridgehead atoms. The van der Waals surface area contributed by atoms with Crippen molar-refractivity contribution in [2.45, 2.75) is 45.9 Å². The van der Waals surface area contributed by atoms with Crippen LogP contribution >= 0.6 is 8.07 Å². The quantitative estimate of drug-likeness (QED) is 0.425. The molecular formula is C25H30NO2P. The highest BCUT2D eigenvalue weighted by Gasteiger charge is 2.31. The molecule has 0 aromatic heterocycles. The van der Waals surface area contributed by atoms with Gasteiger partial charge in [0, 0.05) is 10.6 Å². The van der Waals surface area contributed by atoms with Crippen LogP contribution in [-0.4, -0.2) is 16.6 Å². The summed E-state index contributed by atoms with van der Waals surface area (Å²) in [7, 11) is -1.18. The minimum Gasteiger partial charge on any atom is -0.351 e. The lowest BCUT2D eigenvalue weighted by atomic mass is 9.93. The van der Waals surface area contributed by atoms with E-state index in [-0.39, 0.29) is 11.8 Å². The molecule has 3 nitrogen and oxygen atoms in total. The molecule has 0 fully saturated rings. The van der Waals surface area contributed by atoms with E-state index in [4.69, 9.17) is 0 Å². The summed E-state index contributed by atoms with van der Waals surface area (Å²) >= 11 is 0. The highest BCUT2D eigenvalue weighted by atomic mass is 31.1. The molecule has 3 aromatic rings. The Morgan fingerprint density at radius 3 is 1.38 bits per heavy atom. The number of hydrogen-bond donors (Lipinski definition) is 2. The first kappa shape index (κ1) is 21.5. The summed E-state index contributed by atoms with van der Waals surface area (Å²) in [6, 6.07) is 26.6. The predicted molar refractivity (Wildman–Crippen MR) is 124 cm³/mol. The molecule has 3 aromatic carbocycles. The van der Waals surface area contributed by atoms with Crippen molar-refractivity contribution in [1.29, 1.82) is 0 Å². The van der Waals surface area contributed by atoms with Gasteiger partial charge in [0.1, 0.15) is 0 Å². The summed E-state index contributed by atoms with van der Waals surface area (Å²) in [5.74, 6) is 0.515. The van der Waals surface area contributed by atoms with Crippen molar-refractivity contribution in [3.05, 3.63) is 90.0 Å². The van der Waals surface area contributed by atoms with Gasteiger partial charge in [-0.15, -0.1) is 0 Å². The second-order valence-electron chi connectivity index (χ2n) is 7.77. The lowest BCUT2D eigenvalue weighted by Gasteiger charge is -2.39. The molecule has 0 amide bonds. The Morgan fingerprint density at radius 1 is 0.621 bits per heavy atom. The monoisotopic (exact) mass is 407 g/mol. The summed E-state index contributed by atoms with van der Waals surface area (Å²) in [6.07, 6.45) is -1.61. The standard InChI is InChI=1S/C25H30NO2P/c1-18(2)22-16-11-17-23(19(3)4)24(22)26(25(27)28)29(20-12-7-5-8-13-20)21-14-9-6-10-15-21/h5-19,25,27-28H,1-4H3. The van der Waals surface area contributed by atoms with E-state index < -0.39 is 14.5 Å². The maximum absolute atomic E-state index is 10.7. The van der Waals surface area contributed by atoms with Gasteiger partial charge in [0.2, 0.25) is 6.41 Å². The van der Waals surface area contributed by atoms with E-state index >= 15 is 0 Å². The Bertz CT molecular complexity index is 845. The molecule has 0 aliphatic rings. The van der Waals surface area contributed by atoms with Gasteiger partial charge in [-0.3, -0.25) is 4.67 Å². The molecule has 0 aliphatic heterocycles. The number of para-hydroxylation sites is 1. The van der Waals surface area contributed by atoms with Crippen LogP contribution in [0.3, 0.4) is 0 Å². The molecular weight excluding hydrogens is 377 g/mol.